The van der Waals surface area contributed by atoms with E-state index < -0.39 is 0 Å². The van der Waals surface area contributed by atoms with E-state index in [2.05, 4.69) is 44.9 Å². The number of rotatable bonds is 12. The highest BCUT2D eigenvalue weighted by atomic mass is 16.5. The van der Waals surface area contributed by atoms with Gasteiger partial charge < -0.3 is 25.4 Å². The van der Waals surface area contributed by atoms with Gasteiger partial charge in [0.1, 0.15) is 0 Å². The summed E-state index contributed by atoms with van der Waals surface area (Å²) < 4.78 is 11.0. The van der Waals surface area contributed by atoms with Gasteiger partial charge in [-0.3, -0.25) is 14.7 Å². The topological polar surface area (TPSA) is 87.2 Å². The van der Waals surface area contributed by atoms with Crippen LogP contribution < -0.4 is 25.4 Å². The minimum absolute atomic E-state index is 0.126. The van der Waals surface area contributed by atoms with Crippen LogP contribution in [0.25, 0.3) is 0 Å². The summed E-state index contributed by atoms with van der Waals surface area (Å²) in [4.78, 5) is 18.5. The van der Waals surface area contributed by atoms with Crippen LogP contribution in [0.5, 0.6) is 11.5 Å². The first-order valence-corrected chi connectivity index (χ1v) is 11.9. The van der Waals surface area contributed by atoms with Crippen molar-refractivity contribution in [3.63, 3.8) is 0 Å². The van der Waals surface area contributed by atoms with E-state index in [1.807, 2.05) is 13.0 Å². The lowest BCUT2D eigenvalue weighted by Gasteiger charge is -2.32. The lowest BCUT2D eigenvalue weighted by atomic mass is 10.1. The SMILES string of the molecule is CCCNC(=O)CN1CCC(NC(=NC)NCCCc2ccc(OC)c(OCC)c2)CC1. The van der Waals surface area contributed by atoms with Gasteiger partial charge >= 0.3 is 0 Å². The van der Waals surface area contributed by atoms with Crippen LogP contribution >= 0.6 is 0 Å². The number of nitrogens with zero attached hydrogens (tertiary/aromatic N) is 2. The molecule has 8 heteroatoms. The van der Waals surface area contributed by atoms with Crippen LogP contribution in [0, 0.1) is 0 Å². The average molecular weight is 448 g/mol. The maximum Gasteiger partial charge on any atom is 0.234 e. The largest absolute Gasteiger partial charge is 0.493 e. The molecule has 1 aromatic rings. The molecule has 1 heterocycles. The van der Waals surface area contributed by atoms with Crippen molar-refractivity contribution in [3.8, 4) is 11.5 Å². The highest BCUT2D eigenvalue weighted by Crippen LogP contribution is 2.28. The number of carbonyl (C=O) groups excluding carboxylic acids is 1. The van der Waals surface area contributed by atoms with E-state index in [0.29, 0.717) is 19.2 Å². The molecule has 0 atom stereocenters. The summed E-state index contributed by atoms with van der Waals surface area (Å²) in [5.41, 5.74) is 1.23. The van der Waals surface area contributed by atoms with Gasteiger partial charge in [-0.15, -0.1) is 0 Å². The Hall–Kier alpha value is -2.48. The third kappa shape index (κ3) is 8.94. The Kier molecular flexibility index (Phi) is 11.7. The van der Waals surface area contributed by atoms with Gasteiger partial charge in [0.05, 0.1) is 20.3 Å². The van der Waals surface area contributed by atoms with E-state index in [9.17, 15) is 4.79 Å². The molecule has 1 saturated heterocycles. The summed E-state index contributed by atoms with van der Waals surface area (Å²) in [5.74, 6) is 2.54. The second-order valence-electron chi connectivity index (χ2n) is 8.07. The lowest BCUT2D eigenvalue weighted by Crippen LogP contribution is -2.50. The van der Waals surface area contributed by atoms with Gasteiger partial charge in [0.2, 0.25) is 5.91 Å². The van der Waals surface area contributed by atoms with Crippen LogP contribution in [-0.4, -0.2) is 76.3 Å². The van der Waals surface area contributed by atoms with Crippen LogP contribution in [0.15, 0.2) is 23.2 Å². The van der Waals surface area contributed by atoms with Gasteiger partial charge in [-0.25, -0.2) is 0 Å². The maximum absolute atomic E-state index is 11.9. The molecule has 0 saturated carbocycles. The molecule has 0 spiro atoms. The fraction of sp³-hybridized carbons (Fsp3) is 0.667. The molecule has 0 aromatic heterocycles. The van der Waals surface area contributed by atoms with E-state index in [0.717, 1.165) is 75.7 Å². The summed E-state index contributed by atoms with van der Waals surface area (Å²) in [6.45, 7) is 8.60. The zero-order valence-electron chi connectivity index (χ0n) is 20.2. The Labute approximate surface area is 193 Å². The normalized spacial score (nSPS) is 15.3. The number of hydrogen-bond acceptors (Lipinski definition) is 5. The van der Waals surface area contributed by atoms with E-state index in [1.165, 1.54) is 5.56 Å². The Morgan fingerprint density at radius 3 is 2.59 bits per heavy atom. The highest BCUT2D eigenvalue weighted by Gasteiger charge is 2.21. The average Bonchev–Trinajstić information content (AvgIpc) is 2.81. The standard InChI is InChI=1S/C24H41N5O3/c1-5-13-26-23(30)18-29-15-11-20(12-16-29)28-24(25-3)27-14-7-8-19-9-10-21(31-4)22(17-19)32-6-2/h9-10,17,20H,5-8,11-16,18H2,1-4H3,(H,26,30)(H2,25,27,28). The van der Waals surface area contributed by atoms with Crippen molar-refractivity contribution in [3.05, 3.63) is 23.8 Å². The van der Waals surface area contributed by atoms with Crippen molar-refractivity contribution in [1.29, 1.82) is 0 Å². The number of methoxy groups -OCH3 is 1. The molecule has 8 nitrogen and oxygen atoms in total. The number of aliphatic imine (C=N–C) groups is 1. The zero-order valence-corrected chi connectivity index (χ0v) is 20.2. The summed E-state index contributed by atoms with van der Waals surface area (Å²) in [5, 5.41) is 9.90. The van der Waals surface area contributed by atoms with Crippen LogP contribution in [0.4, 0.5) is 0 Å². The Morgan fingerprint density at radius 1 is 1.16 bits per heavy atom. The molecule has 0 radical (unpaired) electrons. The Bertz CT molecular complexity index is 718. The third-order valence-electron chi connectivity index (χ3n) is 5.55. The number of piperidine rings is 1. The first-order chi connectivity index (χ1) is 15.6. The molecule has 0 aliphatic carbocycles. The van der Waals surface area contributed by atoms with Crippen molar-refractivity contribution in [2.45, 2.75) is 52.0 Å². The molecule has 180 valence electrons. The third-order valence-corrected chi connectivity index (χ3v) is 5.55. The van der Waals surface area contributed by atoms with E-state index in [1.54, 1.807) is 14.2 Å². The van der Waals surface area contributed by atoms with Crippen molar-refractivity contribution in [2.24, 2.45) is 4.99 Å². The molecule has 1 aliphatic heterocycles. The first kappa shape index (κ1) is 25.8. The van der Waals surface area contributed by atoms with Crippen molar-refractivity contribution >= 4 is 11.9 Å². The molecule has 1 aliphatic rings. The number of nitrogens with one attached hydrogen (secondary N) is 3. The summed E-state index contributed by atoms with van der Waals surface area (Å²) >= 11 is 0. The number of guanidine groups is 1. The number of likely N-dealkylation sites (tertiary alicyclic amines) is 1. The number of benzene rings is 1. The summed E-state index contributed by atoms with van der Waals surface area (Å²) in [7, 11) is 3.47. The zero-order chi connectivity index (χ0) is 23.2. The highest BCUT2D eigenvalue weighted by molar-refractivity contribution is 5.80. The number of ether oxygens (including phenoxy) is 2. The van der Waals surface area contributed by atoms with Gasteiger partial charge in [0, 0.05) is 39.3 Å². The van der Waals surface area contributed by atoms with Crippen LogP contribution in [-0.2, 0) is 11.2 Å². The monoisotopic (exact) mass is 447 g/mol. The van der Waals surface area contributed by atoms with Gasteiger partial charge in [0.15, 0.2) is 17.5 Å². The number of carbonyl (C=O) groups is 1. The number of amides is 1. The molecule has 3 N–H and O–H groups in total. The van der Waals surface area contributed by atoms with Gasteiger partial charge in [-0.1, -0.05) is 13.0 Å². The smallest absolute Gasteiger partial charge is 0.234 e. The molecule has 0 bridgehead atoms. The first-order valence-electron chi connectivity index (χ1n) is 11.9. The van der Waals surface area contributed by atoms with Gasteiger partial charge in [-0.2, -0.15) is 0 Å². The van der Waals surface area contributed by atoms with Crippen molar-refractivity contribution in [2.75, 3.05) is 53.5 Å². The summed E-state index contributed by atoms with van der Waals surface area (Å²) in [6, 6.07) is 6.50. The molecular formula is C24H41N5O3. The van der Waals surface area contributed by atoms with Crippen LogP contribution in [0.1, 0.15) is 45.1 Å². The van der Waals surface area contributed by atoms with E-state index in [4.69, 9.17) is 9.47 Å². The van der Waals surface area contributed by atoms with Crippen LogP contribution in [0.3, 0.4) is 0 Å². The number of aryl methyl sites for hydroxylation is 1. The molecular weight excluding hydrogens is 406 g/mol. The Morgan fingerprint density at radius 2 is 1.94 bits per heavy atom. The molecule has 1 amide bonds. The minimum atomic E-state index is 0.126. The molecule has 0 unspecified atom stereocenters. The van der Waals surface area contributed by atoms with Gasteiger partial charge in [0.25, 0.3) is 0 Å². The Balaban J connectivity index is 1.67. The van der Waals surface area contributed by atoms with Crippen molar-refractivity contribution in [1.82, 2.24) is 20.9 Å². The predicted molar refractivity (Wildman–Crippen MR) is 130 cm³/mol. The minimum Gasteiger partial charge on any atom is -0.493 e. The number of hydrogen-bond donors (Lipinski definition) is 3. The second-order valence-corrected chi connectivity index (χ2v) is 8.07. The maximum atomic E-state index is 11.9. The van der Waals surface area contributed by atoms with Crippen molar-refractivity contribution < 1.29 is 14.3 Å². The van der Waals surface area contributed by atoms with Gasteiger partial charge in [-0.05, 0) is 56.7 Å². The summed E-state index contributed by atoms with van der Waals surface area (Å²) in [6.07, 6.45) is 4.93. The molecule has 2 rings (SSSR count). The fourth-order valence-corrected chi connectivity index (χ4v) is 3.79. The second kappa shape index (κ2) is 14.6. The molecule has 1 aromatic carbocycles. The molecule has 32 heavy (non-hydrogen) atoms. The van der Waals surface area contributed by atoms with Crippen LogP contribution in [0.2, 0.25) is 0 Å². The van der Waals surface area contributed by atoms with E-state index in [-0.39, 0.29) is 5.91 Å². The van der Waals surface area contributed by atoms with E-state index >= 15 is 0 Å². The quantitative estimate of drug-likeness (QED) is 0.259. The molecule has 1 fully saturated rings. The fourth-order valence-electron chi connectivity index (χ4n) is 3.79. The predicted octanol–water partition coefficient (Wildman–Crippen LogP) is 2.18. The lowest BCUT2D eigenvalue weighted by molar-refractivity contribution is -0.122.